The molecular weight excluding hydrogens is 292 g/mol. The first kappa shape index (κ1) is 17.0. The number of methoxy groups -OCH3 is 1. The van der Waals surface area contributed by atoms with Gasteiger partial charge in [-0.15, -0.1) is 0 Å². The minimum Gasteiger partial charge on any atom is -0.467 e. The van der Waals surface area contributed by atoms with Crippen LogP contribution in [0.3, 0.4) is 0 Å². The van der Waals surface area contributed by atoms with Crippen molar-refractivity contribution >= 4 is 5.97 Å². The van der Waals surface area contributed by atoms with Crippen LogP contribution < -0.4 is 4.74 Å². The summed E-state index contributed by atoms with van der Waals surface area (Å²) in [5, 5.41) is 0. The molecule has 0 fully saturated rings. The summed E-state index contributed by atoms with van der Waals surface area (Å²) in [5.41, 5.74) is 2.55. The summed E-state index contributed by atoms with van der Waals surface area (Å²) >= 11 is 0. The van der Waals surface area contributed by atoms with Gasteiger partial charge in [-0.2, -0.15) is 0 Å². The first-order chi connectivity index (χ1) is 11.1. The van der Waals surface area contributed by atoms with Gasteiger partial charge in [0.25, 0.3) is 0 Å². The summed E-state index contributed by atoms with van der Waals surface area (Å²) < 4.78 is 15.9. The van der Waals surface area contributed by atoms with E-state index in [9.17, 15) is 4.79 Å². The van der Waals surface area contributed by atoms with Crippen LogP contribution >= 0.6 is 0 Å². The lowest BCUT2D eigenvalue weighted by Crippen LogP contribution is -2.06. The molecule has 0 bridgehead atoms. The second-order valence-electron chi connectivity index (χ2n) is 5.52. The molecule has 0 aliphatic rings. The van der Waals surface area contributed by atoms with Gasteiger partial charge < -0.3 is 14.2 Å². The average Bonchev–Trinajstić information content (AvgIpc) is 2.58. The van der Waals surface area contributed by atoms with Crippen LogP contribution in [0.2, 0.25) is 0 Å². The van der Waals surface area contributed by atoms with Crippen molar-refractivity contribution < 1.29 is 19.0 Å². The largest absolute Gasteiger partial charge is 0.467 e. The van der Waals surface area contributed by atoms with Crippen LogP contribution in [-0.4, -0.2) is 19.9 Å². The quantitative estimate of drug-likeness (QED) is 0.569. The molecule has 0 amide bonds. The third-order valence-corrected chi connectivity index (χ3v) is 3.41. The number of hydrogen-bond acceptors (Lipinski definition) is 4. The molecule has 0 unspecified atom stereocenters. The predicted molar refractivity (Wildman–Crippen MR) is 88.6 cm³/mol. The Morgan fingerprint density at radius 2 is 1.83 bits per heavy atom. The van der Waals surface area contributed by atoms with Gasteiger partial charge in [-0.3, -0.25) is 0 Å². The number of rotatable bonds is 7. The summed E-state index contributed by atoms with van der Waals surface area (Å²) in [5.74, 6) is 0.767. The summed E-state index contributed by atoms with van der Waals surface area (Å²) in [6, 6.07) is 14.8. The van der Waals surface area contributed by atoms with Crippen molar-refractivity contribution in [3.63, 3.8) is 0 Å². The van der Waals surface area contributed by atoms with Crippen molar-refractivity contribution in [1.29, 1.82) is 0 Å². The fourth-order valence-corrected chi connectivity index (χ4v) is 2.20. The minimum absolute atomic E-state index is 0.210. The first-order valence-electron chi connectivity index (χ1n) is 7.58. The third kappa shape index (κ3) is 4.83. The van der Waals surface area contributed by atoms with Gasteiger partial charge in [0.1, 0.15) is 12.4 Å². The van der Waals surface area contributed by atoms with Gasteiger partial charge >= 0.3 is 5.97 Å². The molecule has 0 saturated heterocycles. The highest BCUT2D eigenvalue weighted by atomic mass is 16.7. The average molecular weight is 314 g/mol. The van der Waals surface area contributed by atoms with Gasteiger partial charge in [0.15, 0.2) is 6.79 Å². The van der Waals surface area contributed by atoms with E-state index in [2.05, 4.69) is 13.8 Å². The molecule has 0 spiro atoms. The Labute approximate surface area is 137 Å². The van der Waals surface area contributed by atoms with E-state index in [4.69, 9.17) is 14.2 Å². The lowest BCUT2D eigenvalue weighted by atomic mass is 10.00. The van der Waals surface area contributed by atoms with E-state index in [-0.39, 0.29) is 19.4 Å². The van der Waals surface area contributed by atoms with Gasteiger partial charge in [0.05, 0.1) is 5.56 Å². The van der Waals surface area contributed by atoms with Crippen LogP contribution in [0.1, 0.15) is 41.3 Å². The molecule has 0 saturated carbocycles. The van der Waals surface area contributed by atoms with E-state index in [0.717, 1.165) is 16.9 Å². The Balaban J connectivity index is 2.05. The van der Waals surface area contributed by atoms with Crippen LogP contribution in [0.4, 0.5) is 0 Å². The topological polar surface area (TPSA) is 44.8 Å². The maximum absolute atomic E-state index is 12.0. The zero-order valence-corrected chi connectivity index (χ0v) is 13.7. The Kier molecular flexibility index (Phi) is 6.18. The second kappa shape index (κ2) is 8.34. The molecule has 0 aromatic heterocycles. The molecule has 4 nitrogen and oxygen atoms in total. The lowest BCUT2D eigenvalue weighted by Gasteiger charge is -2.15. The molecule has 0 atom stereocenters. The van der Waals surface area contributed by atoms with Crippen molar-refractivity contribution in [1.82, 2.24) is 0 Å². The monoisotopic (exact) mass is 314 g/mol. The molecule has 0 radical (unpaired) electrons. The van der Waals surface area contributed by atoms with Crippen molar-refractivity contribution in [3.8, 4) is 5.75 Å². The molecule has 122 valence electrons. The standard InChI is InChI=1S/C19H22O4/c1-14(2)17-11-15(9-10-18(17)23-13-21-3)12-22-19(20)16-7-5-4-6-8-16/h4-11,14H,12-13H2,1-3H3. The molecular formula is C19H22O4. The number of hydrogen-bond donors (Lipinski definition) is 0. The van der Waals surface area contributed by atoms with E-state index >= 15 is 0 Å². The van der Waals surface area contributed by atoms with Crippen LogP contribution in [0, 0.1) is 0 Å². The van der Waals surface area contributed by atoms with E-state index < -0.39 is 0 Å². The maximum atomic E-state index is 12.0. The summed E-state index contributed by atoms with van der Waals surface area (Å²) in [7, 11) is 1.59. The molecule has 23 heavy (non-hydrogen) atoms. The predicted octanol–water partition coefficient (Wildman–Crippen LogP) is 4.15. The van der Waals surface area contributed by atoms with Crippen LogP contribution in [0.25, 0.3) is 0 Å². The Morgan fingerprint density at radius 3 is 2.48 bits per heavy atom. The maximum Gasteiger partial charge on any atom is 0.338 e. The number of esters is 1. The van der Waals surface area contributed by atoms with Gasteiger partial charge in [-0.1, -0.05) is 38.1 Å². The van der Waals surface area contributed by atoms with E-state index in [0.29, 0.717) is 11.5 Å². The molecule has 0 aliphatic heterocycles. The number of carbonyl (C=O) groups excluding carboxylic acids is 1. The summed E-state index contributed by atoms with van der Waals surface area (Å²) in [6.45, 7) is 4.63. The molecule has 0 aliphatic carbocycles. The van der Waals surface area contributed by atoms with Crippen molar-refractivity contribution in [3.05, 3.63) is 65.2 Å². The number of benzene rings is 2. The fourth-order valence-electron chi connectivity index (χ4n) is 2.20. The number of carbonyl (C=O) groups is 1. The fraction of sp³-hybridized carbons (Fsp3) is 0.316. The molecule has 4 heteroatoms. The Bertz CT molecular complexity index is 635. The third-order valence-electron chi connectivity index (χ3n) is 3.41. The van der Waals surface area contributed by atoms with E-state index in [1.807, 2.05) is 36.4 Å². The number of ether oxygens (including phenoxy) is 3. The molecule has 2 aromatic rings. The zero-order valence-electron chi connectivity index (χ0n) is 13.7. The van der Waals surface area contributed by atoms with Crippen molar-refractivity contribution in [2.45, 2.75) is 26.4 Å². The van der Waals surface area contributed by atoms with Crippen molar-refractivity contribution in [2.24, 2.45) is 0 Å². The zero-order chi connectivity index (χ0) is 16.7. The minimum atomic E-state index is -0.323. The first-order valence-corrected chi connectivity index (χ1v) is 7.58. The molecule has 2 aromatic carbocycles. The molecule has 0 heterocycles. The SMILES string of the molecule is COCOc1ccc(COC(=O)c2ccccc2)cc1C(C)C. The van der Waals surface area contributed by atoms with Gasteiger partial charge in [0, 0.05) is 7.11 Å². The van der Waals surface area contributed by atoms with E-state index in [1.165, 1.54) is 0 Å². The highest BCUT2D eigenvalue weighted by Gasteiger charge is 2.11. The van der Waals surface area contributed by atoms with Crippen LogP contribution in [0.15, 0.2) is 48.5 Å². The van der Waals surface area contributed by atoms with Gasteiger partial charge in [-0.05, 0) is 41.3 Å². The van der Waals surface area contributed by atoms with Crippen LogP contribution in [-0.2, 0) is 16.1 Å². The smallest absolute Gasteiger partial charge is 0.338 e. The van der Waals surface area contributed by atoms with Crippen molar-refractivity contribution in [2.75, 3.05) is 13.9 Å². The summed E-state index contributed by atoms with van der Waals surface area (Å²) in [6.07, 6.45) is 0. The summed E-state index contributed by atoms with van der Waals surface area (Å²) in [4.78, 5) is 12.0. The molecule has 2 rings (SSSR count). The van der Waals surface area contributed by atoms with E-state index in [1.54, 1.807) is 19.2 Å². The van der Waals surface area contributed by atoms with Gasteiger partial charge in [0.2, 0.25) is 0 Å². The van der Waals surface area contributed by atoms with Crippen LogP contribution in [0.5, 0.6) is 5.75 Å². The second-order valence-corrected chi connectivity index (χ2v) is 5.52. The molecule has 0 N–H and O–H groups in total. The normalized spacial score (nSPS) is 10.6. The van der Waals surface area contributed by atoms with Gasteiger partial charge in [-0.25, -0.2) is 4.79 Å². The highest BCUT2D eigenvalue weighted by molar-refractivity contribution is 5.89. The lowest BCUT2D eigenvalue weighted by molar-refractivity contribution is 0.0471. The highest BCUT2D eigenvalue weighted by Crippen LogP contribution is 2.28. The Morgan fingerprint density at radius 1 is 1.09 bits per heavy atom. The Hall–Kier alpha value is -2.33.